The van der Waals surface area contributed by atoms with Crippen molar-refractivity contribution in [1.29, 1.82) is 0 Å². The van der Waals surface area contributed by atoms with Crippen molar-refractivity contribution in [1.82, 2.24) is 20.6 Å². The van der Waals surface area contributed by atoms with Crippen molar-refractivity contribution >= 4 is 41.7 Å². The number of amides is 1. The Morgan fingerprint density at radius 3 is 2.52 bits per heavy atom. The van der Waals surface area contributed by atoms with Gasteiger partial charge in [-0.2, -0.15) is 0 Å². The third-order valence-electron chi connectivity index (χ3n) is 4.61. The first-order valence-corrected chi connectivity index (χ1v) is 10.2. The molecule has 3 N–H and O–H groups in total. The predicted molar refractivity (Wildman–Crippen MR) is 124 cm³/mol. The van der Waals surface area contributed by atoms with Crippen LogP contribution in [-0.2, 0) is 0 Å². The second-order valence-corrected chi connectivity index (χ2v) is 7.81. The Balaban J connectivity index is 1.41. The quantitative estimate of drug-likeness (QED) is 0.390. The molecule has 0 saturated heterocycles. The minimum absolute atomic E-state index is 0.182. The summed E-state index contributed by atoms with van der Waals surface area (Å²) in [5.74, 6) is 1.19. The monoisotopic (exact) mass is 430 g/mol. The molecule has 8 nitrogen and oxygen atoms in total. The molecule has 2 aromatic heterocycles. The molecule has 0 aliphatic carbocycles. The van der Waals surface area contributed by atoms with E-state index in [4.69, 9.17) is 4.74 Å². The molecular weight excluding hydrogens is 411 g/mol. The number of hydrogen-bond acceptors (Lipinski definition) is 7. The summed E-state index contributed by atoms with van der Waals surface area (Å²) in [5, 5.41) is 19.9. The molecule has 1 amide bonds. The Kier molecular flexibility index (Phi) is 5.90. The van der Waals surface area contributed by atoms with Crippen LogP contribution in [0, 0.1) is 6.92 Å². The van der Waals surface area contributed by atoms with Crippen LogP contribution < -0.4 is 15.4 Å². The summed E-state index contributed by atoms with van der Waals surface area (Å²) < 4.78 is 5.24. The standard InChI is InChI=1S/C21H19BN6O2S/c1-12-11-15(30-2)7-8-16(12)24-19(22)17-9-10-18(31-17)21(29)23-14-5-3-13(4-6-14)20-25-27-28-26-20/h3-11,22,24H,1-2H3,(H,23,29)(H,25,26,27,28). The number of carbonyl (C=O) groups is 1. The molecule has 0 unspecified atom stereocenters. The molecule has 154 valence electrons. The molecule has 4 rings (SSSR count). The van der Waals surface area contributed by atoms with E-state index in [1.807, 2.05) is 43.3 Å². The van der Waals surface area contributed by atoms with Crippen molar-refractivity contribution in [2.75, 3.05) is 17.7 Å². The zero-order valence-electron chi connectivity index (χ0n) is 17.0. The summed E-state index contributed by atoms with van der Waals surface area (Å²) in [6.45, 7) is 2.00. The number of ether oxygens (including phenoxy) is 1. The molecular formula is C21H19BN6O2S. The van der Waals surface area contributed by atoms with Gasteiger partial charge in [-0.15, -0.1) is 0 Å². The molecule has 2 aromatic carbocycles. The van der Waals surface area contributed by atoms with Crippen molar-refractivity contribution in [3.05, 3.63) is 69.9 Å². The molecule has 0 saturated carbocycles. The SMILES string of the molecule is B=C(Nc1ccc(OC)cc1C)c1ccc(C(=O)Nc2ccc(-c3nnn[nH]3)cc2)s1. The van der Waals surface area contributed by atoms with Crippen LogP contribution in [0.1, 0.15) is 20.1 Å². The number of rotatable bonds is 7. The number of thiophene rings is 1. The average molecular weight is 430 g/mol. The van der Waals surface area contributed by atoms with E-state index in [1.54, 1.807) is 25.3 Å². The van der Waals surface area contributed by atoms with Gasteiger partial charge in [-0.1, -0.05) is 0 Å². The van der Waals surface area contributed by atoms with Crippen LogP contribution >= 0.6 is 11.3 Å². The van der Waals surface area contributed by atoms with E-state index in [1.165, 1.54) is 11.3 Å². The zero-order valence-corrected chi connectivity index (χ0v) is 17.8. The molecule has 0 atom stereocenters. The number of anilines is 2. The Morgan fingerprint density at radius 1 is 1.06 bits per heavy atom. The van der Waals surface area contributed by atoms with Gasteiger partial charge in [-0.25, -0.2) is 0 Å². The molecule has 0 radical (unpaired) electrons. The summed E-state index contributed by atoms with van der Waals surface area (Å²) >= 11 is 1.37. The van der Waals surface area contributed by atoms with Crippen molar-refractivity contribution < 1.29 is 9.53 Å². The molecule has 10 heteroatoms. The molecule has 0 aliphatic rings. The van der Waals surface area contributed by atoms with E-state index >= 15 is 0 Å². The zero-order chi connectivity index (χ0) is 21.8. The van der Waals surface area contributed by atoms with Gasteiger partial charge in [0.1, 0.15) is 0 Å². The molecule has 2 heterocycles. The average Bonchev–Trinajstić information content (AvgIpc) is 3.48. The van der Waals surface area contributed by atoms with Crippen LogP contribution in [-0.4, -0.2) is 46.7 Å². The van der Waals surface area contributed by atoms with Gasteiger partial charge in [0.2, 0.25) is 0 Å². The third-order valence-corrected chi connectivity index (χ3v) is 5.75. The Morgan fingerprint density at radius 2 is 1.84 bits per heavy atom. The third kappa shape index (κ3) is 4.70. The number of hydrogen-bond donors (Lipinski definition) is 3. The summed E-state index contributed by atoms with van der Waals surface area (Å²) in [6, 6.07) is 16.7. The molecule has 4 aromatic rings. The maximum absolute atomic E-state index is 12.6. The summed E-state index contributed by atoms with van der Waals surface area (Å²) in [7, 11) is 5.75. The van der Waals surface area contributed by atoms with Crippen molar-refractivity contribution in [2.24, 2.45) is 0 Å². The first kappa shape index (κ1) is 20.5. The number of H-pyrrole nitrogens is 1. The fourth-order valence-corrected chi connectivity index (χ4v) is 3.76. The molecule has 0 aliphatic heterocycles. The number of tetrazole rings is 1. The van der Waals surface area contributed by atoms with Gasteiger partial charge in [-0.05, 0) is 10.4 Å². The van der Waals surface area contributed by atoms with Gasteiger partial charge in [0.15, 0.2) is 0 Å². The van der Waals surface area contributed by atoms with Crippen LogP contribution in [0.25, 0.3) is 11.4 Å². The Bertz CT molecular complexity index is 1220. The van der Waals surface area contributed by atoms with Crippen molar-refractivity contribution in [3.63, 3.8) is 0 Å². The van der Waals surface area contributed by atoms with Gasteiger partial charge in [0, 0.05) is 0 Å². The second kappa shape index (κ2) is 8.92. The van der Waals surface area contributed by atoms with Crippen LogP contribution in [0.4, 0.5) is 11.4 Å². The number of nitrogens with zero attached hydrogens (tertiary/aromatic N) is 3. The first-order chi connectivity index (χ1) is 15.0. The number of nitrogens with one attached hydrogen (secondary N) is 3. The Hall–Kier alpha value is -3.79. The topological polar surface area (TPSA) is 105 Å². The number of carbonyl (C=O) groups excluding carboxylic acids is 1. The number of aromatic amines is 1. The number of aryl methyl sites for hydroxylation is 1. The van der Waals surface area contributed by atoms with Crippen LogP contribution in [0.3, 0.4) is 0 Å². The molecule has 0 bridgehead atoms. The summed E-state index contributed by atoms with van der Waals surface area (Å²) in [6.07, 6.45) is 0. The van der Waals surface area contributed by atoms with Gasteiger partial charge in [-0.3, -0.25) is 0 Å². The molecule has 0 spiro atoms. The van der Waals surface area contributed by atoms with E-state index in [0.29, 0.717) is 16.4 Å². The minimum atomic E-state index is -0.182. The number of methoxy groups -OCH3 is 1. The second-order valence-electron chi connectivity index (χ2n) is 6.73. The number of benzene rings is 2. The van der Waals surface area contributed by atoms with Gasteiger partial charge >= 0.3 is 173 Å². The van der Waals surface area contributed by atoms with Crippen LogP contribution in [0.15, 0.2) is 54.6 Å². The fourth-order valence-electron chi connectivity index (χ4n) is 2.94. The van der Waals surface area contributed by atoms with Gasteiger partial charge in [0.05, 0.1) is 0 Å². The van der Waals surface area contributed by atoms with E-state index in [0.717, 1.165) is 33.0 Å². The molecule has 0 fully saturated rings. The maximum atomic E-state index is 12.6. The van der Waals surface area contributed by atoms with E-state index in [-0.39, 0.29) is 5.91 Å². The first-order valence-electron chi connectivity index (χ1n) is 9.40. The van der Waals surface area contributed by atoms with Gasteiger partial charge < -0.3 is 0 Å². The fraction of sp³-hybridized carbons (Fsp3) is 0.0952. The van der Waals surface area contributed by atoms with Gasteiger partial charge in [0.25, 0.3) is 0 Å². The van der Waals surface area contributed by atoms with Crippen molar-refractivity contribution in [2.45, 2.75) is 6.92 Å². The number of aromatic nitrogens is 4. The summed E-state index contributed by atoms with van der Waals surface area (Å²) in [4.78, 5) is 14.1. The van der Waals surface area contributed by atoms with Crippen LogP contribution in [0.5, 0.6) is 5.75 Å². The summed E-state index contributed by atoms with van der Waals surface area (Å²) in [5.41, 5.74) is 4.22. The van der Waals surface area contributed by atoms with Crippen molar-refractivity contribution in [3.8, 4) is 17.1 Å². The normalized spacial score (nSPS) is 10.5. The van der Waals surface area contributed by atoms with E-state index in [9.17, 15) is 4.79 Å². The Labute approximate surface area is 183 Å². The molecule has 31 heavy (non-hydrogen) atoms. The predicted octanol–water partition coefficient (Wildman–Crippen LogP) is 2.99. The van der Waals surface area contributed by atoms with E-state index < -0.39 is 0 Å². The van der Waals surface area contributed by atoms with Crippen LogP contribution in [0.2, 0.25) is 0 Å². The van der Waals surface area contributed by atoms with E-state index in [2.05, 4.69) is 38.7 Å².